The first-order valence-electron chi connectivity index (χ1n) is 5.40. The molecule has 0 aliphatic carbocycles. The Morgan fingerprint density at radius 3 is 2.94 bits per heavy atom. The highest BCUT2D eigenvalue weighted by molar-refractivity contribution is 7.08. The van der Waals surface area contributed by atoms with E-state index in [-0.39, 0.29) is 5.91 Å². The number of rotatable bonds is 4. The average Bonchev–Trinajstić information content (AvgIpc) is 2.90. The van der Waals surface area contributed by atoms with Crippen LogP contribution in [0.1, 0.15) is 19.0 Å². The van der Waals surface area contributed by atoms with Gasteiger partial charge in [0.05, 0.1) is 17.9 Å². The lowest BCUT2D eigenvalue weighted by atomic mass is 10.2. The van der Waals surface area contributed by atoms with Crippen molar-refractivity contribution in [1.29, 1.82) is 0 Å². The number of aromatic nitrogens is 2. The van der Waals surface area contributed by atoms with Gasteiger partial charge < -0.3 is 5.32 Å². The summed E-state index contributed by atoms with van der Waals surface area (Å²) in [5.74, 6) is 0.0203. The van der Waals surface area contributed by atoms with Crippen molar-refractivity contribution in [1.82, 2.24) is 15.3 Å². The number of carbonyl (C=O) groups is 1. The maximum absolute atomic E-state index is 11.2. The number of nitrogens with zero attached hydrogens (tertiary/aromatic N) is 2. The molecule has 2 rings (SSSR count). The van der Waals surface area contributed by atoms with E-state index >= 15 is 0 Å². The zero-order valence-electron chi connectivity index (χ0n) is 9.51. The fraction of sp³-hybridized carbons (Fsp3) is 0.250. The van der Waals surface area contributed by atoms with E-state index in [1.54, 1.807) is 23.7 Å². The van der Waals surface area contributed by atoms with Gasteiger partial charge in [-0.2, -0.15) is 11.3 Å². The number of carbonyl (C=O) groups excluding carboxylic acids is 1. The Bertz CT molecular complexity index is 496. The van der Waals surface area contributed by atoms with E-state index in [1.165, 1.54) is 0 Å². The van der Waals surface area contributed by atoms with E-state index in [1.807, 2.05) is 23.8 Å². The van der Waals surface area contributed by atoms with Crippen molar-refractivity contribution in [2.75, 3.05) is 0 Å². The average molecular weight is 247 g/mol. The molecule has 2 aromatic heterocycles. The summed E-state index contributed by atoms with van der Waals surface area (Å²) in [6.45, 7) is 2.25. The summed E-state index contributed by atoms with van der Waals surface area (Å²) in [5, 5.41) is 6.83. The standard InChI is InChI=1S/C12H13N3OS/c1-2-11(16)15-7-10-12(14-5-4-13-10)9-3-6-17-8-9/h3-6,8H,2,7H2,1H3,(H,15,16). The highest BCUT2D eigenvalue weighted by Gasteiger charge is 2.08. The molecule has 0 aromatic carbocycles. The van der Waals surface area contributed by atoms with Crippen LogP contribution >= 0.6 is 11.3 Å². The second-order valence-corrected chi connectivity index (χ2v) is 4.27. The van der Waals surface area contributed by atoms with Gasteiger partial charge in [0.2, 0.25) is 5.91 Å². The molecule has 0 radical (unpaired) electrons. The smallest absolute Gasteiger partial charge is 0.220 e. The number of nitrogens with one attached hydrogen (secondary N) is 1. The third-order valence-corrected chi connectivity index (χ3v) is 3.03. The highest BCUT2D eigenvalue weighted by Crippen LogP contribution is 2.21. The molecule has 2 heterocycles. The van der Waals surface area contributed by atoms with Crippen LogP contribution in [-0.2, 0) is 11.3 Å². The fourth-order valence-electron chi connectivity index (χ4n) is 1.44. The minimum absolute atomic E-state index is 0.0203. The Morgan fingerprint density at radius 2 is 2.24 bits per heavy atom. The van der Waals surface area contributed by atoms with Crippen LogP contribution in [0.3, 0.4) is 0 Å². The number of thiophene rings is 1. The van der Waals surface area contributed by atoms with Crippen LogP contribution in [0.15, 0.2) is 29.2 Å². The second kappa shape index (κ2) is 5.54. The quantitative estimate of drug-likeness (QED) is 0.901. The van der Waals surface area contributed by atoms with Crippen LogP contribution in [0.5, 0.6) is 0 Å². The van der Waals surface area contributed by atoms with Crippen molar-refractivity contribution < 1.29 is 4.79 Å². The van der Waals surface area contributed by atoms with Crippen LogP contribution in [0.2, 0.25) is 0 Å². The van der Waals surface area contributed by atoms with Crippen molar-refractivity contribution in [2.45, 2.75) is 19.9 Å². The third-order valence-electron chi connectivity index (χ3n) is 2.34. The summed E-state index contributed by atoms with van der Waals surface area (Å²) in [4.78, 5) is 19.8. The predicted molar refractivity (Wildman–Crippen MR) is 67.5 cm³/mol. The lowest BCUT2D eigenvalue weighted by molar-refractivity contribution is -0.120. The molecule has 0 spiro atoms. The number of hydrogen-bond donors (Lipinski definition) is 1. The molecule has 0 fully saturated rings. The molecule has 4 nitrogen and oxygen atoms in total. The van der Waals surface area contributed by atoms with Crippen LogP contribution in [0.25, 0.3) is 11.3 Å². The van der Waals surface area contributed by atoms with Gasteiger partial charge in [-0.15, -0.1) is 0 Å². The zero-order chi connectivity index (χ0) is 12.1. The van der Waals surface area contributed by atoms with Gasteiger partial charge in [0, 0.05) is 29.8 Å². The molecule has 0 aliphatic heterocycles. The molecule has 1 amide bonds. The van der Waals surface area contributed by atoms with Crippen molar-refractivity contribution in [3.63, 3.8) is 0 Å². The first-order valence-corrected chi connectivity index (χ1v) is 6.34. The largest absolute Gasteiger partial charge is 0.350 e. The third kappa shape index (κ3) is 2.88. The molecule has 88 valence electrons. The lowest BCUT2D eigenvalue weighted by Crippen LogP contribution is -2.22. The molecule has 0 saturated heterocycles. The predicted octanol–water partition coefficient (Wildman–Crippen LogP) is 2.23. The Kier molecular flexibility index (Phi) is 3.82. The molecule has 0 aliphatic rings. The van der Waals surface area contributed by atoms with Gasteiger partial charge >= 0.3 is 0 Å². The van der Waals surface area contributed by atoms with Gasteiger partial charge in [-0.1, -0.05) is 6.92 Å². The maximum atomic E-state index is 11.2. The topological polar surface area (TPSA) is 54.9 Å². The van der Waals surface area contributed by atoms with Crippen LogP contribution in [0, 0.1) is 0 Å². The zero-order valence-corrected chi connectivity index (χ0v) is 10.3. The van der Waals surface area contributed by atoms with Gasteiger partial charge in [0.1, 0.15) is 0 Å². The van der Waals surface area contributed by atoms with Gasteiger partial charge in [-0.05, 0) is 11.4 Å². The molecule has 0 atom stereocenters. The number of hydrogen-bond acceptors (Lipinski definition) is 4. The van der Waals surface area contributed by atoms with Crippen molar-refractivity contribution >= 4 is 17.2 Å². The van der Waals surface area contributed by atoms with Crippen molar-refractivity contribution in [2.24, 2.45) is 0 Å². The summed E-state index contributed by atoms with van der Waals surface area (Å²) in [7, 11) is 0. The Balaban J connectivity index is 2.20. The molecule has 1 N–H and O–H groups in total. The van der Waals surface area contributed by atoms with Crippen LogP contribution in [-0.4, -0.2) is 15.9 Å². The summed E-state index contributed by atoms with van der Waals surface area (Å²) in [5.41, 5.74) is 2.68. The molecule has 17 heavy (non-hydrogen) atoms. The summed E-state index contributed by atoms with van der Waals surface area (Å²) in [6, 6.07) is 2.00. The van der Waals surface area contributed by atoms with E-state index < -0.39 is 0 Å². The van der Waals surface area contributed by atoms with Crippen molar-refractivity contribution in [3.05, 3.63) is 34.9 Å². The van der Waals surface area contributed by atoms with Gasteiger partial charge in [0.25, 0.3) is 0 Å². The highest BCUT2D eigenvalue weighted by atomic mass is 32.1. The van der Waals surface area contributed by atoms with Crippen molar-refractivity contribution in [3.8, 4) is 11.3 Å². The normalized spacial score (nSPS) is 10.2. The first-order chi connectivity index (χ1) is 8.31. The summed E-state index contributed by atoms with van der Waals surface area (Å²) in [6.07, 6.45) is 3.79. The summed E-state index contributed by atoms with van der Waals surface area (Å²) >= 11 is 1.62. The first kappa shape index (κ1) is 11.7. The van der Waals surface area contributed by atoms with E-state index in [2.05, 4.69) is 15.3 Å². The minimum Gasteiger partial charge on any atom is -0.350 e. The number of amides is 1. The van der Waals surface area contributed by atoms with Gasteiger partial charge in [0.15, 0.2) is 0 Å². The Hall–Kier alpha value is -1.75. The molecular weight excluding hydrogens is 234 g/mol. The Labute approximate surface area is 104 Å². The lowest BCUT2D eigenvalue weighted by Gasteiger charge is -2.06. The SMILES string of the molecule is CCC(=O)NCc1nccnc1-c1ccsc1. The maximum Gasteiger partial charge on any atom is 0.220 e. The van der Waals surface area contributed by atoms with E-state index in [0.717, 1.165) is 17.0 Å². The molecule has 2 aromatic rings. The second-order valence-electron chi connectivity index (χ2n) is 3.49. The van der Waals surface area contributed by atoms with Gasteiger partial charge in [-0.25, -0.2) is 0 Å². The molecule has 5 heteroatoms. The van der Waals surface area contributed by atoms with Crippen LogP contribution in [0.4, 0.5) is 0 Å². The van der Waals surface area contributed by atoms with E-state index in [0.29, 0.717) is 13.0 Å². The molecular formula is C12H13N3OS. The van der Waals surface area contributed by atoms with Gasteiger partial charge in [-0.3, -0.25) is 14.8 Å². The fourth-order valence-corrected chi connectivity index (χ4v) is 2.08. The molecule has 0 saturated carbocycles. The van der Waals surface area contributed by atoms with Crippen LogP contribution < -0.4 is 5.32 Å². The molecule has 0 unspecified atom stereocenters. The molecule has 0 bridgehead atoms. The monoisotopic (exact) mass is 247 g/mol. The Morgan fingerprint density at radius 1 is 1.41 bits per heavy atom. The van der Waals surface area contributed by atoms with E-state index in [4.69, 9.17) is 0 Å². The minimum atomic E-state index is 0.0203. The summed E-state index contributed by atoms with van der Waals surface area (Å²) < 4.78 is 0. The van der Waals surface area contributed by atoms with E-state index in [9.17, 15) is 4.79 Å².